The molecule has 0 aromatic carbocycles. The van der Waals surface area contributed by atoms with E-state index in [9.17, 15) is 0 Å². The van der Waals surface area contributed by atoms with Crippen molar-refractivity contribution in [3.63, 3.8) is 0 Å². The molecule has 0 rings (SSSR count). The minimum Gasteiger partial charge on any atom is -0.384 e. The van der Waals surface area contributed by atoms with Crippen molar-refractivity contribution in [2.24, 2.45) is 5.92 Å². The molecule has 0 N–H and O–H groups in total. The molecule has 15 heavy (non-hydrogen) atoms. The molecule has 0 amide bonds. The molecule has 0 saturated carbocycles. The highest BCUT2D eigenvalue weighted by molar-refractivity contribution is 4.65. The molecule has 2 heteroatoms. The van der Waals surface area contributed by atoms with Crippen LogP contribution in [0.4, 0.5) is 0 Å². The summed E-state index contributed by atoms with van der Waals surface area (Å²) in [6.07, 6.45) is 1.23. The molecule has 1 unspecified atom stereocenters. The van der Waals surface area contributed by atoms with Gasteiger partial charge in [0.15, 0.2) is 0 Å². The van der Waals surface area contributed by atoms with Crippen molar-refractivity contribution >= 4 is 0 Å². The molecule has 0 aliphatic heterocycles. The van der Waals surface area contributed by atoms with Gasteiger partial charge >= 0.3 is 0 Å². The van der Waals surface area contributed by atoms with Crippen LogP contribution in [0.3, 0.4) is 0 Å². The van der Waals surface area contributed by atoms with Gasteiger partial charge in [-0.3, -0.25) is 0 Å². The number of nitrogens with zero attached hydrogens (tertiary/aromatic N) is 1. The Hall–Kier alpha value is -0.0800. The zero-order valence-electron chi connectivity index (χ0n) is 11.8. The third-order valence-electron chi connectivity index (χ3n) is 2.24. The molecule has 0 fully saturated rings. The summed E-state index contributed by atoms with van der Waals surface area (Å²) in [5, 5.41) is 0. The Morgan fingerprint density at radius 1 is 1.13 bits per heavy atom. The standard InChI is InChI=1S/C11H25NO.C2H6/c1-6-7-12(10(2)3)8-11(4)9-13-5;1-2/h10-11H,6-9H2,1-5H3;1-2H3. The van der Waals surface area contributed by atoms with E-state index < -0.39 is 0 Å². The maximum atomic E-state index is 5.14. The Balaban J connectivity index is 0. The molecule has 0 bridgehead atoms. The van der Waals surface area contributed by atoms with Crippen molar-refractivity contribution < 1.29 is 4.74 Å². The van der Waals surface area contributed by atoms with Gasteiger partial charge < -0.3 is 9.64 Å². The molecular weight excluding hydrogens is 186 g/mol. The van der Waals surface area contributed by atoms with E-state index in [1.165, 1.54) is 13.0 Å². The van der Waals surface area contributed by atoms with E-state index >= 15 is 0 Å². The topological polar surface area (TPSA) is 12.5 Å². The second-order valence-corrected chi connectivity index (χ2v) is 4.15. The fourth-order valence-electron chi connectivity index (χ4n) is 1.59. The van der Waals surface area contributed by atoms with Crippen molar-refractivity contribution in [2.45, 2.75) is 54.0 Å². The van der Waals surface area contributed by atoms with Crippen LogP contribution in [0.15, 0.2) is 0 Å². The fourth-order valence-corrected chi connectivity index (χ4v) is 1.59. The first-order valence-corrected chi connectivity index (χ1v) is 6.34. The van der Waals surface area contributed by atoms with Gasteiger partial charge in [-0.2, -0.15) is 0 Å². The molecule has 0 saturated heterocycles. The lowest BCUT2D eigenvalue weighted by Crippen LogP contribution is -2.36. The Kier molecular flexibility index (Phi) is 13.8. The number of ether oxygens (including phenoxy) is 1. The molecule has 2 nitrogen and oxygen atoms in total. The van der Waals surface area contributed by atoms with E-state index in [1.807, 2.05) is 13.8 Å². The molecule has 0 aromatic heterocycles. The van der Waals surface area contributed by atoms with E-state index in [0.717, 1.165) is 13.2 Å². The average Bonchev–Trinajstić information content (AvgIpc) is 2.20. The van der Waals surface area contributed by atoms with E-state index in [1.54, 1.807) is 7.11 Å². The molecule has 94 valence electrons. The summed E-state index contributed by atoms with van der Waals surface area (Å²) in [7, 11) is 1.77. The van der Waals surface area contributed by atoms with E-state index in [-0.39, 0.29) is 0 Å². The SMILES string of the molecule is CC.CCCN(CC(C)COC)C(C)C. The number of rotatable bonds is 7. The van der Waals surface area contributed by atoms with Crippen molar-refractivity contribution in [2.75, 3.05) is 26.8 Å². The zero-order valence-corrected chi connectivity index (χ0v) is 11.8. The van der Waals surface area contributed by atoms with Crippen molar-refractivity contribution in [1.29, 1.82) is 0 Å². The van der Waals surface area contributed by atoms with Gasteiger partial charge in [0.1, 0.15) is 0 Å². The van der Waals surface area contributed by atoms with Crippen molar-refractivity contribution in [1.82, 2.24) is 4.90 Å². The maximum Gasteiger partial charge on any atom is 0.0500 e. The Morgan fingerprint density at radius 3 is 2.00 bits per heavy atom. The van der Waals surface area contributed by atoms with Crippen LogP contribution in [0, 0.1) is 5.92 Å². The fraction of sp³-hybridized carbons (Fsp3) is 1.00. The smallest absolute Gasteiger partial charge is 0.0500 e. The predicted molar refractivity (Wildman–Crippen MR) is 69.4 cm³/mol. The molecular formula is C13H31NO. The Bertz CT molecular complexity index is 115. The molecule has 0 radical (unpaired) electrons. The van der Waals surface area contributed by atoms with Gasteiger partial charge in [-0.25, -0.2) is 0 Å². The average molecular weight is 217 g/mol. The van der Waals surface area contributed by atoms with Crippen LogP contribution in [0.25, 0.3) is 0 Å². The molecule has 0 aliphatic carbocycles. The first-order chi connectivity index (χ1) is 7.11. The Morgan fingerprint density at radius 2 is 1.67 bits per heavy atom. The maximum absolute atomic E-state index is 5.14. The predicted octanol–water partition coefficient (Wildman–Crippen LogP) is 3.42. The second-order valence-electron chi connectivity index (χ2n) is 4.15. The summed E-state index contributed by atoms with van der Waals surface area (Å²) in [5.74, 6) is 0.638. The highest BCUT2D eigenvalue weighted by Crippen LogP contribution is 2.05. The van der Waals surface area contributed by atoms with Crippen LogP contribution < -0.4 is 0 Å². The summed E-state index contributed by atoms with van der Waals surface area (Å²) in [6, 6.07) is 0.652. The van der Waals surface area contributed by atoms with Gasteiger partial charge in [-0.15, -0.1) is 0 Å². The summed E-state index contributed by atoms with van der Waals surface area (Å²) < 4.78 is 5.14. The van der Waals surface area contributed by atoms with Crippen molar-refractivity contribution in [3.8, 4) is 0 Å². The van der Waals surface area contributed by atoms with E-state index in [4.69, 9.17) is 4.74 Å². The molecule has 0 aromatic rings. The van der Waals surface area contributed by atoms with Crippen LogP contribution in [0.1, 0.15) is 48.0 Å². The first-order valence-electron chi connectivity index (χ1n) is 6.34. The summed E-state index contributed by atoms with van der Waals surface area (Å²) >= 11 is 0. The quantitative estimate of drug-likeness (QED) is 0.648. The van der Waals surface area contributed by atoms with Gasteiger partial charge in [0.25, 0.3) is 0 Å². The molecule has 1 atom stereocenters. The summed E-state index contributed by atoms with van der Waals surface area (Å²) in [5.41, 5.74) is 0. The van der Waals surface area contributed by atoms with Crippen LogP contribution in [0.2, 0.25) is 0 Å². The third kappa shape index (κ3) is 10.2. The lowest BCUT2D eigenvalue weighted by molar-refractivity contribution is 0.116. The van der Waals surface area contributed by atoms with Gasteiger partial charge in [-0.05, 0) is 32.7 Å². The lowest BCUT2D eigenvalue weighted by atomic mass is 10.1. The number of methoxy groups -OCH3 is 1. The normalized spacial score (nSPS) is 12.6. The van der Waals surface area contributed by atoms with E-state index in [0.29, 0.717) is 12.0 Å². The highest BCUT2D eigenvalue weighted by Gasteiger charge is 2.11. The summed E-state index contributed by atoms with van der Waals surface area (Å²) in [4.78, 5) is 2.52. The molecule has 0 aliphatic rings. The number of hydrogen-bond donors (Lipinski definition) is 0. The first kappa shape index (κ1) is 17.3. The highest BCUT2D eigenvalue weighted by atomic mass is 16.5. The summed E-state index contributed by atoms with van der Waals surface area (Å²) in [6.45, 7) is 16.2. The van der Waals surface area contributed by atoms with E-state index in [2.05, 4.69) is 32.6 Å². The molecule has 0 spiro atoms. The van der Waals surface area contributed by atoms with Crippen LogP contribution in [-0.2, 0) is 4.74 Å². The largest absolute Gasteiger partial charge is 0.384 e. The van der Waals surface area contributed by atoms with Crippen LogP contribution >= 0.6 is 0 Å². The van der Waals surface area contributed by atoms with Gasteiger partial charge in [0, 0.05) is 26.3 Å². The lowest BCUT2D eigenvalue weighted by Gasteiger charge is -2.28. The second kappa shape index (κ2) is 12.0. The third-order valence-corrected chi connectivity index (χ3v) is 2.24. The Labute approximate surface area is 97.0 Å². The molecule has 0 heterocycles. The monoisotopic (exact) mass is 217 g/mol. The zero-order chi connectivity index (χ0) is 12.3. The van der Waals surface area contributed by atoms with Crippen LogP contribution in [0.5, 0.6) is 0 Å². The van der Waals surface area contributed by atoms with Crippen molar-refractivity contribution in [3.05, 3.63) is 0 Å². The minimum absolute atomic E-state index is 0.638. The number of hydrogen-bond acceptors (Lipinski definition) is 2. The van der Waals surface area contributed by atoms with Gasteiger partial charge in [0.2, 0.25) is 0 Å². The van der Waals surface area contributed by atoms with Crippen LogP contribution in [-0.4, -0.2) is 37.7 Å². The minimum atomic E-state index is 0.638. The van der Waals surface area contributed by atoms with Gasteiger partial charge in [0.05, 0.1) is 0 Å². The van der Waals surface area contributed by atoms with Gasteiger partial charge in [-0.1, -0.05) is 27.7 Å².